The van der Waals surface area contributed by atoms with E-state index in [0.29, 0.717) is 18.3 Å². The molecular formula is C16H19N3O2. The zero-order valence-corrected chi connectivity index (χ0v) is 11.9. The molecular weight excluding hydrogens is 266 g/mol. The van der Waals surface area contributed by atoms with Gasteiger partial charge in [0, 0.05) is 24.1 Å². The summed E-state index contributed by atoms with van der Waals surface area (Å²) in [6.07, 6.45) is 4.01. The van der Waals surface area contributed by atoms with Crippen LogP contribution in [0.2, 0.25) is 0 Å². The molecule has 5 nitrogen and oxygen atoms in total. The van der Waals surface area contributed by atoms with Gasteiger partial charge in [-0.1, -0.05) is 0 Å². The van der Waals surface area contributed by atoms with Crippen LogP contribution in [-0.2, 0) is 4.79 Å². The minimum absolute atomic E-state index is 0.0741. The Kier molecular flexibility index (Phi) is 3.15. The van der Waals surface area contributed by atoms with Crippen LogP contribution >= 0.6 is 0 Å². The molecule has 1 aromatic carbocycles. The van der Waals surface area contributed by atoms with Crippen molar-refractivity contribution >= 4 is 22.7 Å². The van der Waals surface area contributed by atoms with Crippen LogP contribution in [0.1, 0.15) is 37.5 Å². The Morgan fingerprint density at radius 3 is 3.05 bits per heavy atom. The van der Waals surface area contributed by atoms with Gasteiger partial charge in [0.05, 0.1) is 0 Å². The van der Waals surface area contributed by atoms with Crippen molar-refractivity contribution in [1.82, 2.24) is 10.3 Å². The molecule has 1 aliphatic carbocycles. The maximum absolute atomic E-state index is 12.0. The average Bonchev–Trinajstić information content (AvgIpc) is 3.03. The van der Waals surface area contributed by atoms with Crippen LogP contribution in [0.5, 0.6) is 0 Å². The number of anilines is 1. The van der Waals surface area contributed by atoms with Crippen molar-refractivity contribution in [3.05, 3.63) is 24.1 Å². The molecule has 0 radical (unpaired) electrons. The molecule has 21 heavy (non-hydrogen) atoms. The number of rotatable bonds is 4. The van der Waals surface area contributed by atoms with Crippen molar-refractivity contribution in [2.45, 2.75) is 31.6 Å². The van der Waals surface area contributed by atoms with E-state index in [1.54, 1.807) is 0 Å². The predicted molar refractivity (Wildman–Crippen MR) is 80.2 cm³/mol. The van der Waals surface area contributed by atoms with Crippen molar-refractivity contribution in [3.63, 3.8) is 0 Å². The van der Waals surface area contributed by atoms with Crippen molar-refractivity contribution < 1.29 is 9.21 Å². The van der Waals surface area contributed by atoms with E-state index < -0.39 is 0 Å². The van der Waals surface area contributed by atoms with Crippen molar-refractivity contribution in [3.8, 4) is 0 Å². The summed E-state index contributed by atoms with van der Waals surface area (Å²) < 4.78 is 5.78. The number of aromatic nitrogens is 1. The number of nitrogens with one attached hydrogen (secondary N) is 2. The third-order valence-electron chi connectivity index (χ3n) is 4.25. The smallest absolute Gasteiger partial charge is 0.224 e. The molecule has 2 aromatic rings. The Morgan fingerprint density at radius 2 is 2.29 bits per heavy atom. The van der Waals surface area contributed by atoms with Gasteiger partial charge in [0.25, 0.3) is 0 Å². The van der Waals surface area contributed by atoms with E-state index in [0.717, 1.165) is 42.2 Å². The highest BCUT2D eigenvalue weighted by Gasteiger charge is 2.28. The fourth-order valence-corrected chi connectivity index (χ4v) is 2.89. The van der Waals surface area contributed by atoms with Crippen LogP contribution in [0.4, 0.5) is 5.69 Å². The second-order valence-electron chi connectivity index (χ2n) is 6.12. The first-order valence-corrected chi connectivity index (χ1v) is 7.69. The van der Waals surface area contributed by atoms with Crippen molar-refractivity contribution in [2.24, 2.45) is 5.92 Å². The van der Waals surface area contributed by atoms with E-state index in [4.69, 9.17) is 4.42 Å². The van der Waals surface area contributed by atoms with Crippen LogP contribution in [0, 0.1) is 5.92 Å². The summed E-state index contributed by atoms with van der Waals surface area (Å²) in [5, 5.41) is 6.24. The summed E-state index contributed by atoms with van der Waals surface area (Å²) in [5.74, 6) is 1.88. The minimum atomic E-state index is 0.0741. The topological polar surface area (TPSA) is 67.2 Å². The monoisotopic (exact) mass is 285 g/mol. The van der Waals surface area contributed by atoms with E-state index in [2.05, 4.69) is 15.6 Å². The lowest BCUT2D eigenvalue weighted by Gasteiger charge is -2.08. The van der Waals surface area contributed by atoms with E-state index in [-0.39, 0.29) is 5.91 Å². The van der Waals surface area contributed by atoms with Crippen LogP contribution in [0.25, 0.3) is 11.1 Å². The van der Waals surface area contributed by atoms with Gasteiger partial charge in [0.1, 0.15) is 5.52 Å². The molecule has 1 unspecified atom stereocenters. The number of nitrogens with zero attached hydrogens (tertiary/aromatic N) is 1. The number of amides is 1. The number of benzene rings is 1. The van der Waals surface area contributed by atoms with Gasteiger partial charge in [-0.25, -0.2) is 4.98 Å². The number of hydrogen-bond donors (Lipinski definition) is 2. The van der Waals surface area contributed by atoms with E-state index in [9.17, 15) is 4.79 Å². The van der Waals surface area contributed by atoms with Crippen molar-refractivity contribution in [2.75, 3.05) is 18.4 Å². The molecule has 0 spiro atoms. The Balaban J connectivity index is 1.46. The molecule has 1 saturated carbocycles. The lowest BCUT2D eigenvalue weighted by Crippen LogP contribution is -2.18. The maximum atomic E-state index is 12.0. The van der Waals surface area contributed by atoms with Gasteiger partial charge in [-0.15, -0.1) is 0 Å². The molecule has 2 heterocycles. The van der Waals surface area contributed by atoms with Gasteiger partial charge in [0.2, 0.25) is 5.91 Å². The SMILES string of the molecule is O=C(CC1CCNC1)Nc1ccc2nc(C3CC3)oc2c1. The molecule has 0 bridgehead atoms. The molecule has 4 rings (SSSR count). The van der Waals surface area contributed by atoms with E-state index in [1.807, 2.05) is 18.2 Å². The summed E-state index contributed by atoms with van der Waals surface area (Å²) in [6.45, 7) is 1.96. The molecule has 1 atom stereocenters. The molecule has 1 aliphatic heterocycles. The summed E-state index contributed by atoms with van der Waals surface area (Å²) in [7, 11) is 0. The third-order valence-corrected chi connectivity index (χ3v) is 4.25. The quantitative estimate of drug-likeness (QED) is 0.906. The first kappa shape index (κ1) is 12.8. The second kappa shape index (κ2) is 5.15. The molecule has 1 aromatic heterocycles. The molecule has 1 saturated heterocycles. The predicted octanol–water partition coefficient (Wildman–Crippen LogP) is 2.64. The van der Waals surface area contributed by atoms with Crippen molar-refractivity contribution in [1.29, 1.82) is 0 Å². The lowest BCUT2D eigenvalue weighted by molar-refractivity contribution is -0.116. The van der Waals surface area contributed by atoms with Crippen LogP contribution < -0.4 is 10.6 Å². The Morgan fingerprint density at radius 1 is 1.38 bits per heavy atom. The molecule has 2 N–H and O–H groups in total. The summed E-state index contributed by atoms with van der Waals surface area (Å²) in [6, 6.07) is 5.68. The van der Waals surface area contributed by atoms with Crippen LogP contribution in [-0.4, -0.2) is 24.0 Å². The van der Waals surface area contributed by atoms with Crippen LogP contribution in [0.15, 0.2) is 22.6 Å². The first-order chi connectivity index (χ1) is 10.3. The summed E-state index contributed by atoms with van der Waals surface area (Å²) in [5.41, 5.74) is 2.42. The van der Waals surface area contributed by atoms with Crippen LogP contribution in [0.3, 0.4) is 0 Å². The molecule has 2 fully saturated rings. The highest BCUT2D eigenvalue weighted by atomic mass is 16.3. The van der Waals surface area contributed by atoms with Gasteiger partial charge in [-0.05, 0) is 50.4 Å². The second-order valence-corrected chi connectivity index (χ2v) is 6.12. The lowest BCUT2D eigenvalue weighted by atomic mass is 10.0. The van der Waals surface area contributed by atoms with Gasteiger partial charge < -0.3 is 15.1 Å². The van der Waals surface area contributed by atoms with Gasteiger partial charge in [-0.3, -0.25) is 4.79 Å². The molecule has 1 amide bonds. The van der Waals surface area contributed by atoms with E-state index in [1.165, 1.54) is 12.8 Å². The zero-order chi connectivity index (χ0) is 14.2. The zero-order valence-electron chi connectivity index (χ0n) is 11.9. The summed E-state index contributed by atoms with van der Waals surface area (Å²) in [4.78, 5) is 16.5. The molecule has 5 heteroatoms. The Hall–Kier alpha value is -1.88. The highest BCUT2D eigenvalue weighted by Crippen LogP contribution is 2.40. The minimum Gasteiger partial charge on any atom is -0.440 e. The third kappa shape index (κ3) is 2.78. The molecule has 2 aliphatic rings. The number of hydrogen-bond acceptors (Lipinski definition) is 4. The normalized spacial score (nSPS) is 21.8. The highest BCUT2D eigenvalue weighted by molar-refractivity contribution is 5.92. The fraction of sp³-hybridized carbons (Fsp3) is 0.500. The summed E-state index contributed by atoms with van der Waals surface area (Å²) >= 11 is 0. The number of carbonyl (C=O) groups excluding carboxylic acids is 1. The fourth-order valence-electron chi connectivity index (χ4n) is 2.89. The molecule has 110 valence electrons. The average molecular weight is 285 g/mol. The largest absolute Gasteiger partial charge is 0.440 e. The Labute approximate surface area is 123 Å². The van der Waals surface area contributed by atoms with E-state index >= 15 is 0 Å². The maximum Gasteiger partial charge on any atom is 0.224 e. The first-order valence-electron chi connectivity index (χ1n) is 7.69. The van der Waals surface area contributed by atoms with Gasteiger partial charge in [0.15, 0.2) is 11.5 Å². The van der Waals surface area contributed by atoms with Gasteiger partial charge in [-0.2, -0.15) is 0 Å². The van der Waals surface area contributed by atoms with Gasteiger partial charge >= 0.3 is 0 Å². The standard InChI is InChI=1S/C16H19N3O2/c20-15(7-10-5-6-17-9-10)18-12-3-4-13-14(8-12)21-16(19-13)11-1-2-11/h3-4,8,10-11,17H,1-2,5-7,9H2,(H,18,20). The number of oxazole rings is 1. The Bertz CT molecular complexity index is 669. The number of fused-ring (bicyclic) bond motifs is 1. The number of carbonyl (C=O) groups is 1.